The minimum absolute atomic E-state index is 0.373. The van der Waals surface area contributed by atoms with Crippen molar-refractivity contribution in [1.29, 1.82) is 0 Å². The van der Waals surface area contributed by atoms with Gasteiger partial charge in [0.25, 0.3) is 0 Å². The van der Waals surface area contributed by atoms with Gasteiger partial charge in [-0.2, -0.15) is 0 Å². The lowest BCUT2D eigenvalue weighted by molar-refractivity contribution is 0.0598. The van der Waals surface area contributed by atoms with E-state index in [0.29, 0.717) is 17.1 Å². The molecule has 0 N–H and O–H groups in total. The summed E-state index contributed by atoms with van der Waals surface area (Å²) in [5, 5.41) is 0. The Bertz CT molecular complexity index is 557. The number of pyridine rings is 1. The summed E-state index contributed by atoms with van der Waals surface area (Å²) in [5.74, 6) is 0.599. The first-order valence-corrected chi connectivity index (χ1v) is 5.96. The number of methoxy groups -OCH3 is 1. The molecule has 0 unspecified atom stereocenters. The second-order valence-corrected chi connectivity index (χ2v) is 4.33. The zero-order valence-corrected chi connectivity index (χ0v) is 11.2. The molecule has 0 aliphatic heterocycles. The molecule has 0 amide bonds. The largest absolute Gasteiger partial charge is 0.465 e. The zero-order chi connectivity index (χ0) is 13.0. The Hall–Kier alpha value is -1.88. The molecule has 0 bridgehead atoms. The van der Waals surface area contributed by atoms with Crippen molar-refractivity contribution in [3.63, 3.8) is 0 Å². The Morgan fingerprint density at radius 2 is 1.94 bits per heavy atom. The summed E-state index contributed by atoms with van der Waals surface area (Å²) >= 11 is 3.34. The van der Waals surface area contributed by atoms with Crippen LogP contribution in [-0.4, -0.2) is 18.1 Å². The summed E-state index contributed by atoms with van der Waals surface area (Å²) < 4.78 is 11.2. The number of nitrogens with zero attached hydrogens (tertiary/aromatic N) is 1. The van der Waals surface area contributed by atoms with Gasteiger partial charge in [0.05, 0.1) is 7.11 Å². The molecule has 18 heavy (non-hydrogen) atoms. The molecule has 2 aromatic rings. The summed E-state index contributed by atoms with van der Waals surface area (Å²) in [6.45, 7) is 0. The first kappa shape index (κ1) is 12.6. The number of ether oxygens (including phenoxy) is 2. The van der Waals surface area contributed by atoms with E-state index in [0.717, 1.165) is 4.47 Å². The SMILES string of the molecule is COC(=O)c1ccc(Br)cc1Oc1ccncc1. The van der Waals surface area contributed by atoms with E-state index in [4.69, 9.17) is 9.47 Å². The lowest BCUT2D eigenvalue weighted by Crippen LogP contribution is -2.03. The van der Waals surface area contributed by atoms with Crippen molar-refractivity contribution in [3.8, 4) is 11.5 Å². The molecule has 1 aromatic heterocycles. The van der Waals surface area contributed by atoms with E-state index < -0.39 is 5.97 Å². The maximum atomic E-state index is 11.6. The summed E-state index contributed by atoms with van der Waals surface area (Å²) in [6, 6.07) is 8.54. The molecular weight excluding hydrogens is 298 g/mol. The molecule has 0 saturated carbocycles. The number of aromatic nitrogens is 1. The highest BCUT2D eigenvalue weighted by Crippen LogP contribution is 2.28. The Kier molecular flexibility index (Phi) is 3.94. The van der Waals surface area contributed by atoms with Crippen molar-refractivity contribution in [2.24, 2.45) is 0 Å². The lowest BCUT2D eigenvalue weighted by Gasteiger charge is -2.10. The van der Waals surface area contributed by atoms with Gasteiger partial charge in [-0.05, 0) is 30.3 Å². The van der Waals surface area contributed by atoms with Gasteiger partial charge in [-0.15, -0.1) is 0 Å². The molecule has 1 heterocycles. The topological polar surface area (TPSA) is 48.4 Å². The van der Waals surface area contributed by atoms with E-state index in [1.807, 2.05) is 0 Å². The third-order valence-electron chi connectivity index (χ3n) is 2.23. The van der Waals surface area contributed by atoms with Crippen LogP contribution in [0.1, 0.15) is 10.4 Å². The molecule has 2 rings (SSSR count). The number of halogens is 1. The van der Waals surface area contributed by atoms with Crippen molar-refractivity contribution in [2.75, 3.05) is 7.11 Å². The molecule has 0 atom stereocenters. The quantitative estimate of drug-likeness (QED) is 0.815. The smallest absolute Gasteiger partial charge is 0.341 e. The maximum absolute atomic E-state index is 11.6. The molecule has 0 aliphatic rings. The van der Waals surface area contributed by atoms with Gasteiger partial charge in [0.15, 0.2) is 0 Å². The molecule has 1 aromatic carbocycles. The van der Waals surface area contributed by atoms with Crippen molar-refractivity contribution in [2.45, 2.75) is 0 Å². The summed E-state index contributed by atoms with van der Waals surface area (Å²) in [6.07, 6.45) is 3.23. The van der Waals surface area contributed by atoms with E-state index >= 15 is 0 Å². The predicted molar refractivity (Wildman–Crippen MR) is 69.8 cm³/mol. The number of hydrogen-bond acceptors (Lipinski definition) is 4. The second kappa shape index (κ2) is 5.64. The van der Waals surface area contributed by atoms with E-state index in [-0.39, 0.29) is 0 Å². The summed E-state index contributed by atoms with van der Waals surface area (Å²) in [4.78, 5) is 15.5. The first-order chi connectivity index (χ1) is 8.70. The number of carbonyl (C=O) groups is 1. The van der Waals surface area contributed by atoms with E-state index in [9.17, 15) is 4.79 Å². The number of esters is 1. The Morgan fingerprint density at radius 1 is 1.22 bits per heavy atom. The van der Waals surface area contributed by atoms with Crippen LogP contribution in [0.5, 0.6) is 11.5 Å². The van der Waals surface area contributed by atoms with E-state index in [1.165, 1.54) is 7.11 Å². The molecular formula is C13H10BrNO3. The summed E-state index contributed by atoms with van der Waals surface area (Å²) in [5.41, 5.74) is 0.373. The maximum Gasteiger partial charge on any atom is 0.341 e. The van der Waals surface area contributed by atoms with Gasteiger partial charge in [0.1, 0.15) is 17.1 Å². The van der Waals surface area contributed by atoms with E-state index in [2.05, 4.69) is 20.9 Å². The van der Waals surface area contributed by atoms with E-state index in [1.54, 1.807) is 42.7 Å². The Labute approximate surface area is 113 Å². The minimum atomic E-state index is -0.438. The van der Waals surface area contributed by atoms with Gasteiger partial charge in [-0.3, -0.25) is 4.98 Å². The normalized spacial score (nSPS) is 9.89. The van der Waals surface area contributed by atoms with Crippen LogP contribution in [0.25, 0.3) is 0 Å². The Morgan fingerprint density at radius 3 is 2.61 bits per heavy atom. The fourth-order valence-electron chi connectivity index (χ4n) is 1.39. The van der Waals surface area contributed by atoms with Crippen LogP contribution in [0.15, 0.2) is 47.2 Å². The third kappa shape index (κ3) is 2.87. The lowest BCUT2D eigenvalue weighted by atomic mass is 10.2. The molecule has 0 saturated heterocycles. The highest BCUT2D eigenvalue weighted by atomic mass is 79.9. The van der Waals surface area contributed by atoms with Crippen LogP contribution >= 0.6 is 15.9 Å². The predicted octanol–water partition coefficient (Wildman–Crippen LogP) is 3.42. The molecule has 0 fully saturated rings. The van der Waals surface area contributed by atoms with Crippen molar-refractivity contribution in [3.05, 3.63) is 52.8 Å². The standard InChI is InChI=1S/C13H10BrNO3/c1-17-13(16)11-3-2-9(14)8-12(11)18-10-4-6-15-7-5-10/h2-8H,1H3. The minimum Gasteiger partial charge on any atom is -0.465 e. The molecule has 0 aliphatic carbocycles. The third-order valence-corrected chi connectivity index (χ3v) is 2.72. The highest BCUT2D eigenvalue weighted by Gasteiger charge is 2.14. The van der Waals surface area contributed by atoms with Crippen LogP contribution < -0.4 is 4.74 Å². The van der Waals surface area contributed by atoms with Gasteiger partial charge in [0.2, 0.25) is 0 Å². The van der Waals surface area contributed by atoms with Crippen molar-refractivity contribution >= 4 is 21.9 Å². The fraction of sp³-hybridized carbons (Fsp3) is 0.0769. The molecule has 0 spiro atoms. The van der Waals surface area contributed by atoms with Crippen LogP contribution in [0.4, 0.5) is 0 Å². The number of hydrogen-bond donors (Lipinski definition) is 0. The zero-order valence-electron chi connectivity index (χ0n) is 9.59. The van der Waals surface area contributed by atoms with Gasteiger partial charge in [0, 0.05) is 16.9 Å². The van der Waals surface area contributed by atoms with Gasteiger partial charge >= 0.3 is 5.97 Å². The average molecular weight is 308 g/mol. The summed E-state index contributed by atoms with van der Waals surface area (Å²) in [7, 11) is 1.33. The molecule has 4 nitrogen and oxygen atoms in total. The average Bonchev–Trinajstić information content (AvgIpc) is 2.39. The number of benzene rings is 1. The van der Waals surface area contributed by atoms with Gasteiger partial charge in [-0.25, -0.2) is 4.79 Å². The molecule has 5 heteroatoms. The molecule has 92 valence electrons. The van der Waals surface area contributed by atoms with Crippen LogP contribution in [0.3, 0.4) is 0 Å². The highest BCUT2D eigenvalue weighted by molar-refractivity contribution is 9.10. The number of carbonyl (C=O) groups excluding carboxylic acids is 1. The number of rotatable bonds is 3. The van der Waals surface area contributed by atoms with Crippen molar-refractivity contribution in [1.82, 2.24) is 4.98 Å². The van der Waals surface area contributed by atoms with Gasteiger partial charge < -0.3 is 9.47 Å². The molecule has 0 radical (unpaired) electrons. The first-order valence-electron chi connectivity index (χ1n) is 5.16. The van der Waals surface area contributed by atoms with Crippen LogP contribution in [-0.2, 0) is 4.74 Å². The fourth-order valence-corrected chi connectivity index (χ4v) is 1.73. The monoisotopic (exact) mass is 307 g/mol. The van der Waals surface area contributed by atoms with Crippen LogP contribution in [0, 0.1) is 0 Å². The van der Waals surface area contributed by atoms with Crippen LogP contribution in [0.2, 0.25) is 0 Å². The second-order valence-electron chi connectivity index (χ2n) is 3.42. The van der Waals surface area contributed by atoms with Gasteiger partial charge in [-0.1, -0.05) is 15.9 Å². The Balaban J connectivity index is 2.36. The van der Waals surface area contributed by atoms with Crippen molar-refractivity contribution < 1.29 is 14.3 Å².